The lowest BCUT2D eigenvalue weighted by molar-refractivity contribution is 0.435. The van der Waals surface area contributed by atoms with Crippen molar-refractivity contribution in [3.63, 3.8) is 0 Å². The second-order valence-electron chi connectivity index (χ2n) is 17.5. The highest BCUT2D eigenvalue weighted by atomic mass is 16.5. The van der Waals surface area contributed by atoms with E-state index in [0.29, 0.717) is 5.56 Å². The zero-order valence-corrected chi connectivity index (χ0v) is 35.6. The number of hydrogen-bond acceptors (Lipinski definition) is 5. The fourth-order valence-electron chi connectivity index (χ4n) is 11.7. The van der Waals surface area contributed by atoms with Gasteiger partial charge in [-0.15, -0.1) is 0 Å². The van der Waals surface area contributed by atoms with Crippen molar-refractivity contribution in [2.45, 2.75) is 5.41 Å². The van der Waals surface area contributed by atoms with Crippen LogP contribution in [0.25, 0.3) is 93.9 Å². The predicted octanol–water partition coefficient (Wildman–Crippen LogP) is 13.5. The number of rotatable bonds is 3. The lowest BCUT2D eigenvalue weighted by Crippen LogP contribution is -2.33. The Balaban J connectivity index is 0.981. The number of hydrogen-bond donors (Lipinski definition) is 0. The zero-order valence-electron chi connectivity index (χ0n) is 35.6. The van der Waals surface area contributed by atoms with Gasteiger partial charge in [0.05, 0.1) is 73.4 Å². The summed E-state index contributed by atoms with van der Waals surface area (Å²) in [5.74, 6) is 1.53. The van der Waals surface area contributed by atoms with Crippen LogP contribution in [0.15, 0.2) is 201 Å². The molecule has 2 aliphatic rings. The van der Waals surface area contributed by atoms with E-state index in [9.17, 15) is 5.26 Å². The van der Waals surface area contributed by atoms with E-state index in [1.807, 2.05) is 49.1 Å². The first kappa shape index (κ1) is 36.1. The summed E-state index contributed by atoms with van der Waals surface area (Å²) in [6.07, 6.45) is 7.56. The van der Waals surface area contributed by atoms with Gasteiger partial charge < -0.3 is 18.4 Å². The molecule has 310 valence electrons. The molecule has 8 nitrogen and oxygen atoms in total. The molecule has 7 aromatic carbocycles. The molecule has 0 saturated heterocycles. The van der Waals surface area contributed by atoms with Crippen LogP contribution in [0.3, 0.4) is 0 Å². The summed E-state index contributed by atoms with van der Waals surface area (Å²) in [6, 6.07) is 64.4. The van der Waals surface area contributed by atoms with Gasteiger partial charge in [0.2, 0.25) is 0 Å². The van der Waals surface area contributed by atoms with Gasteiger partial charge in [0.25, 0.3) is 0 Å². The fraction of sp³-hybridized carbons (Fsp3) is 0.0169. The van der Waals surface area contributed by atoms with Crippen LogP contribution in [-0.4, -0.2) is 28.7 Å². The fourth-order valence-corrected chi connectivity index (χ4v) is 11.7. The van der Waals surface area contributed by atoms with Crippen molar-refractivity contribution in [1.82, 2.24) is 28.7 Å². The molecule has 1 aliphatic heterocycles. The van der Waals surface area contributed by atoms with Crippen molar-refractivity contribution in [2.24, 2.45) is 0 Å². The molecule has 0 saturated carbocycles. The minimum absolute atomic E-state index is 0.642. The minimum Gasteiger partial charge on any atom is -0.457 e. The smallest absolute Gasteiger partial charge is 0.134 e. The van der Waals surface area contributed by atoms with E-state index in [0.717, 1.165) is 117 Å². The Morgan fingerprint density at radius 3 is 1.73 bits per heavy atom. The van der Waals surface area contributed by atoms with Crippen LogP contribution < -0.4 is 4.74 Å². The topological polar surface area (TPSA) is 86.5 Å². The van der Waals surface area contributed by atoms with Gasteiger partial charge in [-0.3, -0.25) is 15.0 Å². The van der Waals surface area contributed by atoms with Crippen LogP contribution in [0, 0.1) is 11.3 Å². The third-order valence-electron chi connectivity index (χ3n) is 14.3. The number of para-hydroxylation sites is 3. The van der Waals surface area contributed by atoms with Crippen molar-refractivity contribution in [3.8, 4) is 46.0 Å². The first-order valence-electron chi connectivity index (χ1n) is 22.4. The Labute approximate surface area is 382 Å². The average molecular weight is 856 g/mol. The van der Waals surface area contributed by atoms with Gasteiger partial charge in [0, 0.05) is 79.5 Å². The molecule has 0 radical (unpaired) electrons. The molecule has 0 N–H and O–H groups in total. The third kappa shape index (κ3) is 4.61. The molecule has 7 heterocycles. The molecule has 13 aromatic rings. The summed E-state index contributed by atoms with van der Waals surface area (Å²) in [4.78, 5) is 14.8. The molecule has 0 fully saturated rings. The standard InChI is InChI=1S/C59H33N7O/c60-33-35-20-24-50-42(30-35)40-12-3-4-15-47(40)64(50)36-22-25-51-43(31-36)41-26-29-61-34-53(41)65(51)37-21-23-44-55(32-37)67-54-19-7-18-52(66-48-16-5-1-10-38(48)39-11-2-6-17-49(39)66)56(54)59(44)45-13-8-27-62-57(45)58-46(59)14-9-28-63-58/h1-32,34H. The number of benzene rings is 7. The Morgan fingerprint density at radius 1 is 0.433 bits per heavy atom. The van der Waals surface area contributed by atoms with Gasteiger partial charge in [0.1, 0.15) is 11.5 Å². The van der Waals surface area contributed by atoms with Gasteiger partial charge in [-0.1, -0.05) is 78.9 Å². The van der Waals surface area contributed by atoms with Crippen LogP contribution in [0.4, 0.5) is 0 Å². The summed E-state index contributed by atoms with van der Waals surface area (Å²) >= 11 is 0. The van der Waals surface area contributed by atoms with E-state index in [-0.39, 0.29) is 0 Å². The number of aromatic nitrogens is 6. The molecular weight excluding hydrogens is 823 g/mol. The van der Waals surface area contributed by atoms with Crippen LogP contribution >= 0.6 is 0 Å². The van der Waals surface area contributed by atoms with Gasteiger partial charge in [-0.2, -0.15) is 5.26 Å². The second kappa shape index (κ2) is 13.1. The molecule has 15 rings (SSSR count). The van der Waals surface area contributed by atoms with Gasteiger partial charge in [-0.25, -0.2) is 0 Å². The molecular formula is C59H33N7O. The molecule has 6 aromatic heterocycles. The van der Waals surface area contributed by atoms with Gasteiger partial charge in [0.15, 0.2) is 0 Å². The van der Waals surface area contributed by atoms with E-state index < -0.39 is 5.41 Å². The zero-order chi connectivity index (χ0) is 44.0. The van der Waals surface area contributed by atoms with Crippen LogP contribution in [0.2, 0.25) is 0 Å². The van der Waals surface area contributed by atoms with Crippen molar-refractivity contribution in [2.75, 3.05) is 0 Å². The van der Waals surface area contributed by atoms with E-state index >= 15 is 0 Å². The third-order valence-corrected chi connectivity index (χ3v) is 14.3. The normalized spacial score (nSPS) is 13.3. The SMILES string of the molecule is N#Cc1ccc2c(c1)c1ccccc1n2-c1ccc2c(c1)c1ccncc1n2-c1ccc2c(c1)Oc1cccc(-n3c4ccccc4c4ccccc43)c1C21c2cccnc2-c2ncccc21. The molecule has 0 amide bonds. The van der Waals surface area contributed by atoms with Crippen LogP contribution in [0.5, 0.6) is 11.5 Å². The lowest BCUT2D eigenvalue weighted by atomic mass is 9.65. The predicted molar refractivity (Wildman–Crippen MR) is 265 cm³/mol. The number of ether oxygens (including phenoxy) is 1. The maximum Gasteiger partial charge on any atom is 0.134 e. The number of nitrogens with zero attached hydrogens (tertiary/aromatic N) is 7. The van der Waals surface area contributed by atoms with Gasteiger partial charge in [-0.05, 0) is 102 Å². The highest BCUT2D eigenvalue weighted by Gasteiger charge is 2.54. The van der Waals surface area contributed by atoms with Crippen LogP contribution in [0.1, 0.15) is 27.8 Å². The summed E-state index contributed by atoms with van der Waals surface area (Å²) < 4.78 is 14.3. The van der Waals surface area contributed by atoms with E-state index in [1.54, 1.807) is 0 Å². The van der Waals surface area contributed by atoms with Crippen LogP contribution in [-0.2, 0) is 5.41 Å². The summed E-state index contributed by atoms with van der Waals surface area (Å²) in [5.41, 5.74) is 15.2. The largest absolute Gasteiger partial charge is 0.457 e. The second-order valence-corrected chi connectivity index (χ2v) is 17.5. The quantitative estimate of drug-likeness (QED) is 0.177. The molecule has 0 unspecified atom stereocenters. The lowest BCUT2D eigenvalue weighted by Gasteiger charge is -2.40. The Morgan fingerprint density at radius 2 is 1.01 bits per heavy atom. The Hall–Kier alpha value is -9.32. The van der Waals surface area contributed by atoms with Gasteiger partial charge >= 0.3 is 0 Å². The van der Waals surface area contributed by atoms with E-state index in [4.69, 9.17) is 14.7 Å². The molecule has 0 atom stereocenters. The molecule has 1 spiro atoms. The van der Waals surface area contributed by atoms with E-state index in [2.05, 4.69) is 176 Å². The Kier molecular flexibility index (Phi) is 7.07. The summed E-state index contributed by atoms with van der Waals surface area (Å²) in [7, 11) is 0. The summed E-state index contributed by atoms with van der Waals surface area (Å²) in [5, 5.41) is 16.5. The minimum atomic E-state index is -0.828. The summed E-state index contributed by atoms with van der Waals surface area (Å²) in [6.45, 7) is 0. The highest BCUT2D eigenvalue weighted by molar-refractivity contribution is 6.13. The number of nitriles is 1. The highest BCUT2D eigenvalue weighted by Crippen LogP contribution is 2.63. The van der Waals surface area contributed by atoms with E-state index in [1.165, 1.54) is 10.8 Å². The molecule has 67 heavy (non-hydrogen) atoms. The molecule has 1 aliphatic carbocycles. The first-order chi connectivity index (χ1) is 33.2. The van der Waals surface area contributed by atoms with Crippen molar-refractivity contribution >= 4 is 65.4 Å². The van der Waals surface area contributed by atoms with Crippen molar-refractivity contribution in [1.29, 1.82) is 5.26 Å². The Bertz CT molecular complexity index is 4260. The van der Waals surface area contributed by atoms with Crippen molar-refractivity contribution in [3.05, 3.63) is 229 Å². The molecule has 0 bridgehead atoms. The number of fused-ring (bicyclic) bond motifs is 18. The maximum atomic E-state index is 9.78. The van der Waals surface area contributed by atoms with Crippen molar-refractivity contribution < 1.29 is 4.74 Å². The molecule has 8 heteroatoms. The number of pyridine rings is 3. The maximum absolute atomic E-state index is 9.78. The first-order valence-corrected chi connectivity index (χ1v) is 22.4. The monoisotopic (exact) mass is 855 g/mol. The average Bonchev–Trinajstić information content (AvgIpc) is 4.10.